The first-order valence-electron chi connectivity index (χ1n) is 6.08. The van der Waals surface area contributed by atoms with Gasteiger partial charge in [-0.3, -0.25) is 0 Å². The minimum atomic E-state index is 0.281. The Morgan fingerprint density at radius 2 is 2.18 bits per heavy atom. The number of rotatable bonds is 5. The Morgan fingerprint density at radius 1 is 1.35 bits per heavy atom. The molecule has 0 aliphatic heterocycles. The smallest absolute Gasteiger partial charge is 0.180 e. The molecule has 2 atom stereocenters. The van der Waals surface area contributed by atoms with Crippen molar-refractivity contribution in [2.75, 3.05) is 0 Å². The van der Waals surface area contributed by atoms with Gasteiger partial charge in [-0.05, 0) is 19.8 Å². The first-order valence-corrected chi connectivity index (χ1v) is 6.08. The number of fused-ring (bicyclic) bond motifs is 1. The molecule has 2 aromatic heterocycles. The molecular weight excluding hydrogens is 214 g/mol. The zero-order chi connectivity index (χ0) is 12.3. The minimum absolute atomic E-state index is 0.281. The number of aromatic nitrogens is 4. The second kappa shape index (κ2) is 5.23. The molecular formula is C12H19N5. The summed E-state index contributed by atoms with van der Waals surface area (Å²) in [4.78, 5) is 15.8. The molecule has 0 amide bonds. The summed E-state index contributed by atoms with van der Waals surface area (Å²) in [6.07, 6.45) is 6.56. The van der Waals surface area contributed by atoms with Crippen LogP contribution in [0, 0.1) is 0 Å². The van der Waals surface area contributed by atoms with Crippen molar-refractivity contribution in [2.24, 2.45) is 5.73 Å². The van der Waals surface area contributed by atoms with Crippen LogP contribution in [0.4, 0.5) is 0 Å². The summed E-state index contributed by atoms with van der Waals surface area (Å²) in [7, 11) is 0. The zero-order valence-electron chi connectivity index (χ0n) is 10.3. The molecule has 2 heterocycles. The highest BCUT2D eigenvalue weighted by Gasteiger charge is 2.11. The van der Waals surface area contributed by atoms with Crippen molar-refractivity contribution in [3.05, 3.63) is 18.3 Å². The third-order valence-corrected chi connectivity index (χ3v) is 2.94. The molecule has 3 N–H and O–H groups in total. The molecule has 2 aromatic rings. The summed E-state index contributed by atoms with van der Waals surface area (Å²) in [5.74, 6) is 1.40. The van der Waals surface area contributed by atoms with Crippen LogP contribution < -0.4 is 5.73 Å². The zero-order valence-corrected chi connectivity index (χ0v) is 10.3. The van der Waals surface area contributed by atoms with Gasteiger partial charge in [0.25, 0.3) is 0 Å². The molecule has 0 saturated heterocycles. The number of imidazole rings is 1. The van der Waals surface area contributed by atoms with Gasteiger partial charge in [-0.1, -0.05) is 13.3 Å². The molecule has 17 heavy (non-hydrogen) atoms. The normalized spacial score (nSPS) is 15.0. The molecule has 92 valence electrons. The number of nitrogens with zero attached hydrogens (tertiary/aromatic N) is 3. The van der Waals surface area contributed by atoms with Crippen LogP contribution in [0.1, 0.15) is 44.9 Å². The molecule has 0 aliphatic carbocycles. The highest BCUT2D eigenvalue weighted by molar-refractivity contribution is 5.68. The molecule has 0 radical (unpaired) electrons. The Kier molecular flexibility index (Phi) is 3.68. The topological polar surface area (TPSA) is 80.5 Å². The van der Waals surface area contributed by atoms with Crippen molar-refractivity contribution in [2.45, 2.75) is 45.1 Å². The van der Waals surface area contributed by atoms with E-state index in [1.54, 1.807) is 6.20 Å². The van der Waals surface area contributed by atoms with E-state index in [0.717, 1.165) is 36.3 Å². The Balaban J connectivity index is 2.01. The molecule has 2 rings (SSSR count). The lowest BCUT2D eigenvalue weighted by molar-refractivity contribution is 0.546. The van der Waals surface area contributed by atoms with Gasteiger partial charge in [0.15, 0.2) is 5.65 Å². The Morgan fingerprint density at radius 3 is 2.88 bits per heavy atom. The average Bonchev–Trinajstić information content (AvgIpc) is 2.71. The second-order valence-corrected chi connectivity index (χ2v) is 4.69. The van der Waals surface area contributed by atoms with Gasteiger partial charge >= 0.3 is 0 Å². The number of aromatic amines is 1. The van der Waals surface area contributed by atoms with Crippen LogP contribution in [0.15, 0.2) is 12.5 Å². The van der Waals surface area contributed by atoms with Crippen molar-refractivity contribution in [1.29, 1.82) is 0 Å². The van der Waals surface area contributed by atoms with Gasteiger partial charge in [-0.15, -0.1) is 0 Å². The van der Waals surface area contributed by atoms with Crippen LogP contribution in [-0.2, 0) is 0 Å². The first-order chi connectivity index (χ1) is 8.16. The number of hydrogen-bond donors (Lipinski definition) is 2. The molecule has 5 heteroatoms. The standard InChI is InChI=1S/C12H19N5/c1-8(4-3-5-9(2)13)11-16-10-6-14-7-15-12(10)17-11/h6-9H,3-5,13H2,1-2H3,(H,14,15,16,17). The highest BCUT2D eigenvalue weighted by atomic mass is 15.0. The van der Waals surface area contributed by atoms with Gasteiger partial charge in [0, 0.05) is 12.0 Å². The SMILES string of the molecule is CC(N)CCCC(C)c1nc2ncncc2[nH]1. The van der Waals surface area contributed by atoms with Crippen LogP contribution in [-0.4, -0.2) is 26.0 Å². The monoisotopic (exact) mass is 233 g/mol. The predicted molar refractivity (Wildman–Crippen MR) is 67.6 cm³/mol. The minimum Gasteiger partial charge on any atom is -0.339 e. The second-order valence-electron chi connectivity index (χ2n) is 4.69. The van der Waals surface area contributed by atoms with Gasteiger partial charge in [-0.2, -0.15) is 0 Å². The Bertz CT molecular complexity index is 443. The van der Waals surface area contributed by atoms with Gasteiger partial charge in [-0.25, -0.2) is 15.0 Å². The van der Waals surface area contributed by atoms with Crippen molar-refractivity contribution in [3.8, 4) is 0 Å². The number of nitrogens with one attached hydrogen (secondary N) is 1. The van der Waals surface area contributed by atoms with E-state index < -0.39 is 0 Å². The molecule has 0 spiro atoms. The highest BCUT2D eigenvalue weighted by Crippen LogP contribution is 2.20. The fourth-order valence-corrected chi connectivity index (χ4v) is 1.90. The van der Waals surface area contributed by atoms with Crippen LogP contribution >= 0.6 is 0 Å². The molecule has 0 aromatic carbocycles. The lowest BCUT2D eigenvalue weighted by atomic mass is 10.0. The maximum absolute atomic E-state index is 5.74. The van der Waals surface area contributed by atoms with Crippen molar-refractivity contribution in [1.82, 2.24) is 19.9 Å². The molecule has 0 fully saturated rings. The lowest BCUT2D eigenvalue weighted by Gasteiger charge is -2.09. The van der Waals surface area contributed by atoms with E-state index in [0.29, 0.717) is 5.92 Å². The number of hydrogen-bond acceptors (Lipinski definition) is 4. The number of H-pyrrole nitrogens is 1. The summed E-state index contributed by atoms with van der Waals surface area (Å²) < 4.78 is 0. The van der Waals surface area contributed by atoms with Gasteiger partial charge in [0.2, 0.25) is 0 Å². The molecule has 0 bridgehead atoms. The lowest BCUT2D eigenvalue weighted by Crippen LogP contribution is -2.14. The van der Waals surface area contributed by atoms with Gasteiger partial charge in [0.1, 0.15) is 17.7 Å². The molecule has 0 aliphatic rings. The Labute approximate surface area is 101 Å². The van der Waals surface area contributed by atoms with E-state index in [2.05, 4.69) is 26.9 Å². The summed E-state index contributed by atoms with van der Waals surface area (Å²) >= 11 is 0. The van der Waals surface area contributed by atoms with Crippen molar-refractivity contribution in [3.63, 3.8) is 0 Å². The first kappa shape index (κ1) is 12.0. The fourth-order valence-electron chi connectivity index (χ4n) is 1.90. The molecule has 2 unspecified atom stereocenters. The van der Waals surface area contributed by atoms with Crippen LogP contribution in [0.3, 0.4) is 0 Å². The molecule has 0 saturated carbocycles. The largest absolute Gasteiger partial charge is 0.339 e. The summed E-state index contributed by atoms with van der Waals surface area (Å²) in [6.45, 7) is 4.22. The maximum Gasteiger partial charge on any atom is 0.180 e. The van der Waals surface area contributed by atoms with E-state index in [1.165, 1.54) is 6.33 Å². The summed E-state index contributed by atoms with van der Waals surface area (Å²) in [5, 5.41) is 0. The van der Waals surface area contributed by atoms with E-state index >= 15 is 0 Å². The van der Waals surface area contributed by atoms with Crippen molar-refractivity contribution < 1.29 is 0 Å². The van der Waals surface area contributed by atoms with E-state index in [-0.39, 0.29) is 6.04 Å². The third-order valence-electron chi connectivity index (χ3n) is 2.94. The van der Waals surface area contributed by atoms with Crippen molar-refractivity contribution >= 4 is 11.2 Å². The quantitative estimate of drug-likeness (QED) is 0.827. The third kappa shape index (κ3) is 3.00. The Hall–Kier alpha value is -1.49. The van der Waals surface area contributed by atoms with Gasteiger partial charge < -0.3 is 10.7 Å². The predicted octanol–water partition coefficient (Wildman–Crippen LogP) is 1.97. The van der Waals surface area contributed by atoms with E-state index in [1.807, 2.05) is 6.92 Å². The summed E-state index contributed by atoms with van der Waals surface area (Å²) in [5.41, 5.74) is 7.39. The van der Waals surface area contributed by atoms with Crippen LogP contribution in [0.5, 0.6) is 0 Å². The number of nitrogens with two attached hydrogens (primary N) is 1. The van der Waals surface area contributed by atoms with E-state index in [9.17, 15) is 0 Å². The van der Waals surface area contributed by atoms with Gasteiger partial charge in [0.05, 0.1) is 6.20 Å². The van der Waals surface area contributed by atoms with Crippen LogP contribution in [0.25, 0.3) is 11.2 Å². The summed E-state index contributed by atoms with van der Waals surface area (Å²) in [6, 6.07) is 0.281. The fraction of sp³-hybridized carbons (Fsp3) is 0.583. The maximum atomic E-state index is 5.74. The van der Waals surface area contributed by atoms with E-state index in [4.69, 9.17) is 5.73 Å². The van der Waals surface area contributed by atoms with Crippen LogP contribution in [0.2, 0.25) is 0 Å². The average molecular weight is 233 g/mol. The molecule has 5 nitrogen and oxygen atoms in total.